The average Bonchev–Trinajstić information content (AvgIpc) is 3.12. The molecule has 0 aliphatic heterocycles. The first-order valence-electron chi connectivity index (χ1n) is 9.59. The largest absolute Gasteiger partial charge is 0.493 e. The molecular weight excluding hydrogens is 398 g/mol. The SMILES string of the molecule is COc1ccc(-n2c(=O)[nH]c3c(C(N)=O)nc(CCc4ccccc4)nc32)cc1OC. The van der Waals surface area contributed by atoms with Gasteiger partial charge in [0.2, 0.25) is 0 Å². The second-order valence-corrected chi connectivity index (χ2v) is 6.84. The number of imidazole rings is 1. The number of ether oxygens (including phenoxy) is 2. The maximum Gasteiger partial charge on any atom is 0.332 e. The number of aromatic nitrogens is 4. The van der Waals surface area contributed by atoms with Gasteiger partial charge in [-0.3, -0.25) is 4.79 Å². The fraction of sp³-hybridized carbons (Fsp3) is 0.182. The smallest absolute Gasteiger partial charge is 0.332 e. The molecule has 0 atom stereocenters. The number of aryl methyl sites for hydroxylation is 2. The van der Waals surface area contributed by atoms with E-state index < -0.39 is 11.6 Å². The summed E-state index contributed by atoms with van der Waals surface area (Å²) in [7, 11) is 3.04. The molecule has 0 spiro atoms. The van der Waals surface area contributed by atoms with E-state index in [9.17, 15) is 9.59 Å². The minimum Gasteiger partial charge on any atom is -0.493 e. The number of primary amides is 1. The van der Waals surface area contributed by atoms with Crippen LogP contribution in [0.15, 0.2) is 53.3 Å². The molecule has 2 aromatic carbocycles. The van der Waals surface area contributed by atoms with E-state index in [0.29, 0.717) is 35.9 Å². The number of carbonyl (C=O) groups excluding carboxylic acids is 1. The van der Waals surface area contributed by atoms with Crippen molar-refractivity contribution in [2.45, 2.75) is 12.8 Å². The molecule has 0 bridgehead atoms. The van der Waals surface area contributed by atoms with Crippen LogP contribution in [0.5, 0.6) is 11.5 Å². The summed E-state index contributed by atoms with van der Waals surface area (Å²) in [5, 5.41) is 0. The quantitative estimate of drug-likeness (QED) is 0.472. The highest BCUT2D eigenvalue weighted by atomic mass is 16.5. The predicted octanol–water partition coefficient (Wildman–Crippen LogP) is 2.01. The van der Waals surface area contributed by atoms with Gasteiger partial charge in [-0.05, 0) is 24.1 Å². The van der Waals surface area contributed by atoms with E-state index in [1.54, 1.807) is 18.2 Å². The van der Waals surface area contributed by atoms with E-state index in [4.69, 9.17) is 15.2 Å². The maximum absolute atomic E-state index is 12.8. The van der Waals surface area contributed by atoms with Crippen molar-refractivity contribution >= 4 is 17.1 Å². The van der Waals surface area contributed by atoms with Crippen molar-refractivity contribution in [1.29, 1.82) is 0 Å². The van der Waals surface area contributed by atoms with Crippen LogP contribution < -0.4 is 20.9 Å². The third kappa shape index (κ3) is 3.85. The van der Waals surface area contributed by atoms with Crippen LogP contribution >= 0.6 is 0 Å². The fourth-order valence-electron chi connectivity index (χ4n) is 3.42. The molecule has 3 N–H and O–H groups in total. The normalized spacial score (nSPS) is 10.9. The third-order valence-corrected chi connectivity index (χ3v) is 4.92. The van der Waals surface area contributed by atoms with Gasteiger partial charge >= 0.3 is 5.69 Å². The second kappa shape index (κ2) is 8.31. The van der Waals surface area contributed by atoms with Crippen molar-refractivity contribution in [3.05, 3.63) is 76.1 Å². The molecule has 2 heterocycles. The number of hydrogen-bond donors (Lipinski definition) is 2. The number of nitrogens with one attached hydrogen (secondary N) is 1. The summed E-state index contributed by atoms with van der Waals surface area (Å²) in [6, 6.07) is 14.9. The zero-order valence-corrected chi connectivity index (χ0v) is 17.1. The maximum atomic E-state index is 12.8. The number of rotatable bonds is 7. The van der Waals surface area contributed by atoms with Gasteiger partial charge in [-0.25, -0.2) is 19.3 Å². The summed E-state index contributed by atoms with van der Waals surface area (Å²) in [6.07, 6.45) is 1.15. The Balaban J connectivity index is 1.85. The molecule has 0 saturated heterocycles. The van der Waals surface area contributed by atoms with E-state index in [-0.39, 0.29) is 16.9 Å². The van der Waals surface area contributed by atoms with Gasteiger partial charge in [0.25, 0.3) is 5.91 Å². The minimum atomic E-state index is -0.742. The Kier molecular flexibility index (Phi) is 5.40. The van der Waals surface area contributed by atoms with Crippen molar-refractivity contribution in [2.75, 3.05) is 14.2 Å². The Bertz CT molecular complexity index is 1310. The Morgan fingerprint density at radius 2 is 1.77 bits per heavy atom. The lowest BCUT2D eigenvalue weighted by atomic mass is 10.1. The van der Waals surface area contributed by atoms with Crippen LogP contribution in [-0.4, -0.2) is 39.6 Å². The van der Waals surface area contributed by atoms with Gasteiger partial charge in [-0.2, -0.15) is 0 Å². The van der Waals surface area contributed by atoms with Crippen molar-refractivity contribution in [3.63, 3.8) is 0 Å². The van der Waals surface area contributed by atoms with E-state index >= 15 is 0 Å². The number of nitrogens with two attached hydrogens (primary N) is 1. The summed E-state index contributed by atoms with van der Waals surface area (Å²) in [5.41, 5.74) is 7.11. The lowest BCUT2D eigenvalue weighted by Gasteiger charge is -2.10. The molecular formula is C22H21N5O4. The highest BCUT2D eigenvalue weighted by Gasteiger charge is 2.20. The monoisotopic (exact) mass is 419 g/mol. The number of carbonyl (C=O) groups is 1. The molecule has 0 aliphatic rings. The van der Waals surface area contributed by atoms with Crippen molar-refractivity contribution < 1.29 is 14.3 Å². The first kappa shape index (κ1) is 20.1. The molecule has 0 radical (unpaired) electrons. The molecule has 158 valence electrons. The molecule has 4 rings (SSSR count). The number of aromatic amines is 1. The number of methoxy groups -OCH3 is 2. The predicted molar refractivity (Wildman–Crippen MR) is 115 cm³/mol. The van der Waals surface area contributed by atoms with Crippen LogP contribution in [-0.2, 0) is 12.8 Å². The lowest BCUT2D eigenvalue weighted by molar-refractivity contribution is 0.0996. The van der Waals surface area contributed by atoms with E-state index in [1.165, 1.54) is 18.8 Å². The zero-order chi connectivity index (χ0) is 22.0. The van der Waals surface area contributed by atoms with Crippen LogP contribution in [0.25, 0.3) is 16.9 Å². The Hall–Kier alpha value is -4.14. The summed E-state index contributed by atoms with van der Waals surface area (Å²) < 4.78 is 12.0. The van der Waals surface area contributed by atoms with Crippen molar-refractivity contribution in [2.24, 2.45) is 5.73 Å². The number of nitrogens with zero attached hydrogens (tertiary/aromatic N) is 3. The summed E-state index contributed by atoms with van der Waals surface area (Å²) in [6.45, 7) is 0. The molecule has 0 unspecified atom stereocenters. The molecule has 4 aromatic rings. The van der Waals surface area contributed by atoms with Crippen LogP contribution in [0, 0.1) is 0 Å². The number of H-pyrrole nitrogens is 1. The summed E-state index contributed by atoms with van der Waals surface area (Å²) in [5.74, 6) is 0.650. The number of fused-ring (bicyclic) bond motifs is 1. The van der Waals surface area contributed by atoms with Crippen molar-refractivity contribution in [3.8, 4) is 17.2 Å². The Morgan fingerprint density at radius 1 is 1.03 bits per heavy atom. The van der Waals surface area contributed by atoms with Crippen LogP contribution in [0.1, 0.15) is 21.9 Å². The van der Waals surface area contributed by atoms with Gasteiger partial charge in [-0.15, -0.1) is 0 Å². The van der Waals surface area contributed by atoms with Gasteiger partial charge < -0.3 is 20.2 Å². The third-order valence-electron chi connectivity index (χ3n) is 4.92. The Labute approximate surface area is 177 Å². The highest BCUT2D eigenvalue weighted by molar-refractivity contribution is 6.01. The van der Waals surface area contributed by atoms with Crippen LogP contribution in [0.3, 0.4) is 0 Å². The van der Waals surface area contributed by atoms with Crippen LogP contribution in [0.2, 0.25) is 0 Å². The molecule has 9 heteroatoms. The number of benzene rings is 2. The molecule has 0 saturated carbocycles. The van der Waals surface area contributed by atoms with E-state index in [0.717, 1.165) is 5.56 Å². The molecule has 0 aliphatic carbocycles. The van der Waals surface area contributed by atoms with E-state index in [2.05, 4.69) is 15.0 Å². The highest BCUT2D eigenvalue weighted by Crippen LogP contribution is 2.29. The number of hydrogen-bond acceptors (Lipinski definition) is 6. The van der Waals surface area contributed by atoms with Gasteiger partial charge in [0.1, 0.15) is 11.3 Å². The van der Waals surface area contributed by atoms with E-state index in [1.807, 2.05) is 30.3 Å². The summed E-state index contributed by atoms with van der Waals surface area (Å²) >= 11 is 0. The van der Waals surface area contributed by atoms with Crippen LogP contribution in [0.4, 0.5) is 0 Å². The first-order valence-corrected chi connectivity index (χ1v) is 9.59. The van der Waals surface area contributed by atoms with Gasteiger partial charge in [0.05, 0.1) is 19.9 Å². The van der Waals surface area contributed by atoms with Gasteiger partial charge in [0.15, 0.2) is 22.8 Å². The number of amides is 1. The molecule has 31 heavy (non-hydrogen) atoms. The van der Waals surface area contributed by atoms with Gasteiger partial charge in [0, 0.05) is 12.5 Å². The standard InChI is InChI=1S/C22H21N5O4/c1-30-15-10-9-14(12-16(15)31-2)27-21-19(26-22(27)29)18(20(23)28)24-17(25-21)11-8-13-6-4-3-5-7-13/h3-7,9-10,12H,8,11H2,1-2H3,(H2,23,28)(H,26,29). The molecule has 1 amide bonds. The second-order valence-electron chi connectivity index (χ2n) is 6.84. The summed E-state index contributed by atoms with van der Waals surface area (Å²) in [4.78, 5) is 36.4. The minimum absolute atomic E-state index is 0.0237. The zero-order valence-electron chi connectivity index (χ0n) is 17.1. The van der Waals surface area contributed by atoms with Gasteiger partial charge in [-0.1, -0.05) is 30.3 Å². The average molecular weight is 419 g/mol. The topological polar surface area (TPSA) is 125 Å². The molecule has 0 fully saturated rings. The first-order chi connectivity index (χ1) is 15.0. The molecule has 2 aromatic heterocycles. The fourth-order valence-corrected chi connectivity index (χ4v) is 3.42. The van der Waals surface area contributed by atoms with Crippen molar-refractivity contribution in [1.82, 2.24) is 19.5 Å². The Morgan fingerprint density at radius 3 is 2.45 bits per heavy atom. The lowest BCUT2D eigenvalue weighted by Crippen LogP contribution is -2.16. The molecule has 9 nitrogen and oxygen atoms in total.